The molecule has 0 fully saturated rings. The molecule has 2 rings (SSSR count). The summed E-state index contributed by atoms with van der Waals surface area (Å²) in [4.78, 5) is 13.4. The number of rotatable bonds is 5. The van der Waals surface area contributed by atoms with E-state index in [-0.39, 0.29) is 5.69 Å². The summed E-state index contributed by atoms with van der Waals surface area (Å²) in [7, 11) is 0. The molecule has 0 radical (unpaired) electrons. The zero-order chi connectivity index (χ0) is 13.8. The maximum absolute atomic E-state index is 12.5. The molecule has 0 saturated carbocycles. The second-order valence-corrected chi connectivity index (χ2v) is 4.26. The van der Waals surface area contributed by atoms with Gasteiger partial charge in [0.15, 0.2) is 5.69 Å². The summed E-state index contributed by atoms with van der Waals surface area (Å²) in [5.41, 5.74) is 0.920. The van der Waals surface area contributed by atoms with Gasteiger partial charge in [0.25, 0.3) is 12.3 Å². The van der Waals surface area contributed by atoms with E-state index >= 15 is 0 Å². The Kier molecular flexibility index (Phi) is 4.09. The van der Waals surface area contributed by atoms with Crippen molar-refractivity contribution < 1.29 is 13.6 Å². The minimum Gasteiger partial charge on any atom is -0.332 e. The molecule has 4 nitrogen and oxygen atoms in total. The molecule has 1 amide bonds. The SMILES string of the molecule is CCCN(CC(F)F)C(=O)c1n[nH]c2ccccc12. The van der Waals surface area contributed by atoms with Crippen LogP contribution in [0.3, 0.4) is 0 Å². The number of hydrogen-bond acceptors (Lipinski definition) is 2. The van der Waals surface area contributed by atoms with E-state index in [9.17, 15) is 13.6 Å². The predicted octanol–water partition coefficient (Wildman–Crippen LogP) is 2.68. The van der Waals surface area contributed by atoms with Crippen molar-refractivity contribution in [3.8, 4) is 0 Å². The number of nitrogens with one attached hydrogen (secondary N) is 1. The highest BCUT2D eigenvalue weighted by molar-refractivity contribution is 6.04. The molecule has 102 valence electrons. The molecule has 0 bridgehead atoms. The van der Waals surface area contributed by atoms with E-state index in [1.54, 1.807) is 18.2 Å². The molecular formula is C13H15F2N3O. The molecule has 2 aromatic rings. The molecule has 0 saturated heterocycles. The Morgan fingerprint density at radius 3 is 2.84 bits per heavy atom. The number of fused-ring (bicyclic) bond motifs is 1. The van der Waals surface area contributed by atoms with E-state index in [4.69, 9.17) is 0 Å². The van der Waals surface area contributed by atoms with Crippen molar-refractivity contribution in [1.29, 1.82) is 0 Å². The number of aromatic amines is 1. The first kappa shape index (κ1) is 13.5. The summed E-state index contributed by atoms with van der Waals surface area (Å²) in [6.45, 7) is 1.58. The van der Waals surface area contributed by atoms with E-state index in [0.717, 1.165) is 10.4 Å². The quantitative estimate of drug-likeness (QED) is 0.905. The Labute approximate surface area is 109 Å². The van der Waals surface area contributed by atoms with Gasteiger partial charge in [-0.05, 0) is 12.5 Å². The minimum absolute atomic E-state index is 0.199. The first-order valence-corrected chi connectivity index (χ1v) is 6.14. The first-order valence-electron chi connectivity index (χ1n) is 6.14. The van der Waals surface area contributed by atoms with Gasteiger partial charge in [-0.15, -0.1) is 0 Å². The second-order valence-electron chi connectivity index (χ2n) is 4.26. The van der Waals surface area contributed by atoms with Gasteiger partial charge in [0.1, 0.15) is 0 Å². The monoisotopic (exact) mass is 267 g/mol. The van der Waals surface area contributed by atoms with E-state index in [2.05, 4.69) is 10.2 Å². The molecule has 1 aromatic heterocycles. The third-order valence-corrected chi connectivity index (χ3v) is 2.81. The number of carbonyl (C=O) groups is 1. The molecule has 0 spiro atoms. The molecule has 0 aliphatic rings. The molecule has 19 heavy (non-hydrogen) atoms. The molecule has 6 heteroatoms. The maximum Gasteiger partial charge on any atom is 0.275 e. The number of para-hydroxylation sites is 1. The minimum atomic E-state index is -2.54. The fraction of sp³-hybridized carbons (Fsp3) is 0.385. The molecule has 0 aliphatic heterocycles. The number of nitrogens with zero attached hydrogens (tertiary/aromatic N) is 2. The number of hydrogen-bond donors (Lipinski definition) is 1. The van der Waals surface area contributed by atoms with Gasteiger partial charge in [-0.2, -0.15) is 5.10 Å². The van der Waals surface area contributed by atoms with Gasteiger partial charge in [0.2, 0.25) is 0 Å². The molecule has 1 aromatic carbocycles. The Hall–Kier alpha value is -1.98. The highest BCUT2D eigenvalue weighted by Crippen LogP contribution is 2.17. The van der Waals surface area contributed by atoms with E-state index < -0.39 is 18.9 Å². The first-order chi connectivity index (χ1) is 9.13. The smallest absolute Gasteiger partial charge is 0.275 e. The Bertz CT molecular complexity index is 568. The van der Waals surface area contributed by atoms with Crippen molar-refractivity contribution in [2.75, 3.05) is 13.1 Å². The highest BCUT2D eigenvalue weighted by Gasteiger charge is 2.22. The van der Waals surface area contributed by atoms with Crippen molar-refractivity contribution in [1.82, 2.24) is 15.1 Å². The molecule has 0 aliphatic carbocycles. The van der Waals surface area contributed by atoms with E-state index in [1.165, 1.54) is 0 Å². The van der Waals surface area contributed by atoms with E-state index in [0.29, 0.717) is 18.4 Å². The van der Waals surface area contributed by atoms with Crippen LogP contribution in [0.2, 0.25) is 0 Å². The lowest BCUT2D eigenvalue weighted by atomic mass is 10.2. The van der Waals surface area contributed by atoms with Gasteiger partial charge in [0.05, 0.1) is 12.1 Å². The Balaban J connectivity index is 2.30. The Morgan fingerprint density at radius 2 is 2.16 bits per heavy atom. The van der Waals surface area contributed by atoms with Crippen LogP contribution in [-0.4, -0.2) is 40.5 Å². The largest absolute Gasteiger partial charge is 0.332 e. The third kappa shape index (κ3) is 2.89. The zero-order valence-corrected chi connectivity index (χ0v) is 10.6. The van der Waals surface area contributed by atoms with Crippen LogP contribution < -0.4 is 0 Å². The van der Waals surface area contributed by atoms with Crippen LogP contribution in [0.1, 0.15) is 23.8 Å². The number of halogens is 2. The van der Waals surface area contributed by atoms with Gasteiger partial charge in [-0.25, -0.2) is 8.78 Å². The van der Waals surface area contributed by atoms with Gasteiger partial charge in [-0.1, -0.05) is 25.1 Å². The van der Waals surface area contributed by atoms with Gasteiger partial charge >= 0.3 is 0 Å². The van der Waals surface area contributed by atoms with Crippen molar-refractivity contribution in [3.05, 3.63) is 30.0 Å². The molecule has 1 heterocycles. The number of amides is 1. The molecule has 0 unspecified atom stereocenters. The molecular weight excluding hydrogens is 252 g/mol. The lowest BCUT2D eigenvalue weighted by Crippen LogP contribution is -2.36. The van der Waals surface area contributed by atoms with Crippen LogP contribution in [0.25, 0.3) is 10.9 Å². The van der Waals surface area contributed by atoms with Crippen LogP contribution in [0.4, 0.5) is 8.78 Å². The topological polar surface area (TPSA) is 49.0 Å². The number of alkyl halides is 2. The summed E-state index contributed by atoms with van der Waals surface area (Å²) in [5, 5.41) is 7.33. The van der Waals surface area contributed by atoms with Crippen LogP contribution in [-0.2, 0) is 0 Å². The normalized spacial score (nSPS) is 11.2. The van der Waals surface area contributed by atoms with Crippen LogP contribution >= 0.6 is 0 Å². The number of benzene rings is 1. The van der Waals surface area contributed by atoms with E-state index in [1.807, 2.05) is 13.0 Å². The van der Waals surface area contributed by atoms with Crippen molar-refractivity contribution in [2.24, 2.45) is 0 Å². The summed E-state index contributed by atoms with van der Waals surface area (Å²) >= 11 is 0. The maximum atomic E-state index is 12.5. The van der Waals surface area contributed by atoms with Crippen molar-refractivity contribution in [2.45, 2.75) is 19.8 Å². The zero-order valence-electron chi connectivity index (χ0n) is 10.6. The number of H-pyrrole nitrogens is 1. The standard InChI is InChI=1S/C13H15F2N3O/c1-2-7-18(8-11(14)15)13(19)12-9-5-3-4-6-10(9)16-17-12/h3-6,11H,2,7-8H2,1H3,(H,16,17). The summed E-state index contributed by atoms with van der Waals surface area (Å²) in [5.74, 6) is -0.459. The average molecular weight is 267 g/mol. The van der Waals surface area contributed by atoms with Crippen molar-refractivity contribution in [3.63, 3.8) is 0 Å². The molecule has 1 N–H and O–H groups in total. The van der Waals surface area contributed by atoms with Gasteiger partial charge in [-0.3, -0.25) is 9.89 Å². The fourth-order valence-electron chi connectivity index (χ4n) is 1.99. The summed E-state index contributed by atoms with van der Waals surface area (Å²) in [6, 6.07) is 7.14. The van der Waals surface area contributed by atoms with Crippen LogP contribution in [0, 0.1) is 0 Å². The van der Waals surface area contributed by atoms with Gasteiger partial charge < -0.3 is 4.90 Å². The second kappa shape index (κ2) is 5.77. The molecule has 0 atom stereocenters. The van der Waals surface area contributed by atoms with Crippen molar-refractivity contribution >= 4 is 16.8 Å². The van der Waals surface area contributed by atoms with Gasteiger partial charge in [0, 0.05) is 11.9 Å². The third-order valence-electron chi connectivity index (χ3n) is 2.81. The van der Waals surface area contributed by atoms with Crippen LogP contribution in [0.5, 0.6) is 0 Å². The lowest BCUT2D eigenvalue weighted by Gasteiger charge is -2.20. The summed E-state index contributed by atoms with van der Waals surface area (Å²) in [6.07, 6.45) is -1.92. The number of aromatic nitrogens is 2. The lowest BCUT2D eigenvalue weighted by molar-refractivity contribution is 0.0552. The predicted molar refractivity (Wildman–Crippen MR) is 68.3 cm³/mol. The summed E-state index contributed by atoms with van der Waals surface area (Å²) < 4.78 is 25.0. The highest BCUT2D eigenvalue weighted by atomic mass is 19.3. The number of carbonyl (C=O) groups excluding carboxylic acids is 1. The Morgan fingerprint density at radius 1 is 1.42 bits per heavy atom. The van der Waals surface area contributed by atoms with Crippen LogP contribution in [0.15, 0.2) is 24.3 Å². The average Bonchev–Trinajstić information content (AvgIpc) is 2.80. The fourth-order valence-corrected chi connectivity index (χ4v) is 1.99.